The molecule has 8 heteroatoms. The number of esters is 1. The average molecular weight is 355 g/mol. The second-order valence-corrected chi connectivity index (χ2v) is 5.34. The molecule has 0 unspecified atom stereocenters. The van der Waals surface area contributed by atoms with Crippen LogP contribution in [0.25, 0.3) is 22.6 Å². The fourth-order valence-corrected chi connectivity index (χ4v) is 2.45. The van der Waals surface area contributed by atoms with E-state index >= 15 is 0 Å². The van der Waals surface area contributed by atoms with Gasteiger partial charge in [-0.05, 0) is 31.2 Å². The van der Waals surface area contributed by atoms with Crippen LogP contribution in [-0.2, 0) is 4.74 Å². The first-order valence-corrected chi connectivity index (χ1v) is 7.77. The Morgan fingerprint density at radius 1 is 1.23 bits per heavy atom. The molecule has 0 aliphatic heterocycles. The molecule has 0 amide bonds. The number of nitrogens with zero attached hydrogens (tertiary/aromatic N) is 2. The van der Waals surface area contributed by atoms with E-state index in [-0.39, 0.29) is 23.8 Å². The summed E-state index contributed by atoms with van der Waals surface area (Å²) in [6.45, 7) is 1.84. The molecule has 0 aliphatic carbocycles. The zero-order chi connectivity index (χ0) is 18.7. The average Bonchev–Trinajstić information content (AvgIpc) is 3.08. The van der Waals surface area contributed by atoms with Crippen molar-refractivity contribution in [3.8, 4) is 22.6 Å². The van der Waals surface area contributed by atoms with Crippen molar-refractivity contribution in [3.05, 3.63) is 70.2 Å². The molecule has 0 spiro atoms. The van der Waals surface area contributed by atoms with Crippen molar-refractivity contribution in [3.63, 3.8) is 0 Å². The van der Waals surface area contributed by atoms with Crippen LogP contribution in [0.3, 0.4) is 0 Å². The van der Waals surface area contributed by atoms with E-state index in [0.717, 1.165) is 0 Å². The minimum atomic E-state index is -0.639. The highest BCUT2D eigenvalue weighted by Crippen LogP contribution is 2.28. The number of nitro groups is 1. The number of ether oxygens (including phenoxy) is 1. The summed E-state index contributed by atoms with van der Waals surface area (Å²) in [5.41, 5.74) is 1.27. The monoisotopic (exact) mass is 355 g/mol. The summed E-state index contributed by atoms with van der Waals surface area (Å²) in [6, 6.07) is 11.4. The van der Waals surface area contributed by atoms with Gasteiger partial charge in [-0.15, -0.1) is 0 Å². The highest BCUT2D eigenvalue weighted by molar-refractivity contribution is 5.95. The number of aromatic nitrogens is 2. The summed E-state index contributed by atoms with van der Waals surface area (Å²) in [6.07, 6.45) is 0. The minimum Gasteiger partial charge on any atom is -0.461 e. The topological polar surface area (TPSA) is 98.1 Å². The van der Waals surface area contributed by atoms with E-state index in [2.05, 4.69) is 9.97 Å². The molecule has 0 aliphatic rings. The van der Waals surface area contributed by atoms with Gasteiger partial charge in [-0.2, -0.15) is 0 Å². The molecule has 7 nitrogen and oxygen atoms in total. The van der Waals surface area contributed by atoms with Crippen molar-refractivity contribution in [2.45, 2.75) is 6.92 Å². The van der Waals surface area contributed by atoms with Gasteiger partial charge in [-0.25, -0.2) is 14.2 Å². The molecule has 26 heavy (non-hydrogen) atoms. The largest absolute Gasteiger partial charge is 0.461 e. The number of hydrogen-bond acceptors (Lipinski definition) is 5. The number of nitrogens with one attached hydrogen (secondary N) is 1. The molecule has 0 fully saturated rings. The Bertz CT molecular complexity index is 967. The lowest BCUT2D eigenvalue weighted by atomic mass is 10.1. The standard InChI is InChI=1S/C18H14FN3O4/c1-2-26-18(23)16-15(11-6-8-13(19)9-7-11)20-17(21-16)12-4-3-5-14(10-12)22(24)25/h3-10H,2H2,1H3,(H,20,21). The maximum Gasteiger partial charge on any atom is 0.359 e. The Morgan fingerprint density at radius 3 is 2.62 bits per heavy atom. The summed E-state index contributed by atoms with van der Waals surface area (Å²) in [5.74, 6) is -0.777. The number of carbonyl (C=O) groups excluding carboxylic acids is 1. The molecule has 0 atom stereocenters. The number of imidazole rings is 1. The van der Waals surface area contributed by atoms with E-state index in [9.17, 15) is 19.3 Å². The van der Waals surface area contributed by atoms with Gasteiger partial charge in [0.15, 0.2) is 5.69 Å². The van der Waals surface area contributed by atoms with Crippen molar-refractivity contribution in [1.82, 2.24) is 9.97 Å². The molecule has 0 saturated heterocycles. The van der Waals surface area contributed by atoms with Crippen LogP contribution < -0.4 is 0 Å². The molecule has 132 valence electrons. The van der Waals surface area contributed by atoms with Gasteiger partial charge in [0.25, 0.3) is 5.69 Å². The summed E-state index contributed by atoms with van der Waals surface area (Å²) >= 11 is 0. The first kappa shape index (κ1) is 17.3. The second-order valence-electron chi connectivity index (χ2n) is 5.34. The van der Waals surface area contributed by atoms with Gasteiger partial charge in [0, 0.05) is 23.3 Å². The molecule has 1 N–H and O–H groups in total. The fourth-order valence-electron chi connectivity index (χ4n) is 2.45. The lowest BCUT2D eigenvalue weighted by Crippen LogP contribution is -2.06. The van der Waals surface area contributed by atoms with Gasteiger partial charge in [-0.1, -0.05) is 12.1 Å². The predicted octanol–water partition coefficient (Wildman–Crippen LogP) is 3.97. The summed E-state index contributed by atoms with van der Waals surface area (Å²) < 4.78 is 18.2. The maximum absolute atomic E-state index is 13.2. The number of hydrogen-bond donors (Lipinski definition) is 1. The number of halogens is 1. The quantitative estimate of drug-likeness (QED) is 0.424. The molecule has 3 rings (SSSR count). The van der Waals surface area contributed by atoms with E-state index in [1.807, 2.05) is 0 Å². The molecule has 0 radical (unpaired) electrons. The molecule has 1 heterocycles. The van der Waals surface area contributed by atoms with E-state index < -0.39 is 16.7 Å². The highest BCUT2D eigenvalue weighted by Gasteiger charge is 2.21. The predicted molar refractivity (Wildman–Crippen MR) is 92.0 cm³/mol. The third kappa shape index (κ3) is 3.44. The van der Waals surface area contributed by atoms with Crippen LogP contribution in [0, 0.1) is 15.9 Å². The number of benzene rings is 2. The van der Waals surface area contributed by atoms with Gasteiger partial charge >= 0.3 is 5.97 Å². The van der Waals surface area contributed by atoms with Crippen molar-refractivity contribution >= 4 is 11.7 Å². The van der Waals surface area contributed by atoms with Crippen molar-refractivity contribution < 1.29 is 18.8 Å². The SMILES string of the molecule is CCOC(=O)c1nc(-c2cccc([N+](=O)[O-])c2)[nH]c1-c1ccc(F)cc1. The number of carbonyl (C=O) groups is 1. The van der Waals surface area contributed by atoms with E-state index in [0.29, 0.717) is 16.8 Å². The molecule has 2 aromatic carbocycles. The maximum atomic E-state index is 13.2. The summed E-state index contributed by atoms with van der Waals surface area (Å²) in [7, 11) is 0. The number of rotatable bonds is 5. The Hall–Kier alpha value is -3.55. The van der Waals surface area contributed by atoms with Crippen LogP contribution in [0.4, 0.5) is 10.1 Å². The minimum absolute atomic E-state index is 0.0277. The summed E-state index contributed by atoms with van der Waals surface area (Å²) in [4.78, 5) is 29.9. The number of non-ortho nitro benzene ring substituents is 1. The Balaban J connectivity index is 2.12. The molecular weight excluding hydrogens is 341 g/mol. The third-order valence-electron chi connectivity index (χ3n) is 3.64. The Kier molecular flexibility index (Phi) is 4.74. The summed E-state index contributed by atoms with van der Waals surface area (Å²) in [5, 5.41) is 11.0. The van der Waals surface area contributed by atoms with E-state index in [4.69, 9.17) is 4.74 Å². The lowest BCUT2D eigenvalue weighted by molar-refractivity contribution is -0.384. The van der Waals surface area contributed by atoms with Gasteiger partial charge in [0.2, 0.25) is 0 Å². The fraction of sp³-hybridized carbons (Fsp3) is 0.111. The second kappa shape index (κ2) is 7.14. The van der Waals surface area contributed by atoms with Crippen LogP contribution in [0.2, 0.25) is 0 Å². The molecule has 0 bridgehead atoms. The van der Waals surface area contributed by atoms with E-state index in [1.165, 1.54) is 42.5 Å². The van der Waals surface area contributed by atoms with Crippen molar-refractivity contribution in [2.24, 2.45) is 0 Å². The van der Waals surface area contributed by atoms with Gasteiger partial charge < -0.3 is 9.72 Å². The van der Waals surface area contributed by atoms with Gasteiger partial charge in [0.1, 0.15) is 11.6 Å². The zero-order valence-corrected chi connectivity index (χ0v) is 13.7. The lowest BCUT2D eigenvalue weighted by Gasteiger charge is -2.02. The third-order valence-corrected chi connectivity index (χ3v) is 3.64. The van der Waals surface area contributed by atoms with Crippen LogP contribution in [0.1, 0.15) is 17.4 Å². The number of aromatic amines is 1. The smallest absolute Gasteiger partial charge is 0.359 e. The van der Waals surface area contributed by atoms with Crippen LogP contribution in [0.5, 0.6) is 0 Å². The van der Waals surface area contributed by atoms with Gasteiger partial charge in [-0.3, -0.25) is 10.1 Å². The molecular formula is C18H14FN3O4. The number of nitro benzene ring substituents is 1. The van der Waals surface area contributed by atoms with Gasteiger partial charge in [0.05, 0.1) is 17.2 Å². The van der Waals surface area contributed by atoms with Crippen molar-refractivity contribution in [1.29, 1.82) is 0 Å². The first-order chi connectivity index (χ1) is 12.5. The Morgan fingerprint density at radius 2 is 1.96 bits per heavy atom. The molecule has 0 saturated carbocycles. The van der Waals surface area contributed by atoms with Crippen LogP contribution >= 0.6 is 0 Å². The Labute approximate surface area is 147 Å². The first-order valence-electron chi connectivity index (χ1n) is 7.77. The molecule has 1 aromatic heterocycles. The normalized spacial score (nSPS) is 10.5. The molecule has 3 aromatic rings. The zero-order valence-electron chi connectivity index (χ0n) is 13.7. The van der Waals surface area contributed by atoms with Crippen LogP contribution in [0.15, 0.2) is 48.5 Å². The highest BCUT2D eigenvalue weighted by atomic mass is 19.1. The van der Waals surface area contributed by atoms with Crippen molar-refractivity contribution in [2.75, 3.05) is 6.61 Å². The van der Waals surface area contributed by atoms with E-state index in [1.54, 1.807) is 13.0 Å². The van der Waals surface area contributed by atoms with Crippen LogP contribution in [-0.4, -0.2) is 27.5 Å². The number of H-pyrrole nitrogens is 1.